The summed E-state index contributed by atoms with van der Waals surface area (Å²) in [6, 6.07) is 8.02. The van der Waals surface area contributed by atoms with E-state index in [1.54, 1.807) is 28.4 Å². The molecule has 1 aromatic heterocycles. The van der Waals surface area contributed by atoms with E-state index < -0.39 is 0 Å². The molecule has 0 aliphatic carbocycles. The molecule has 0 bridgehead atoms. The normalized spacial score (nSPS) is 17.0. The Morgan fingerprint density at radius 2 is 2.03 bits per heavy atom. The Bertz CT molecular complexity index is 852. The fourth-order valence-electron chi connectivity index (χ4n) is 3.74. The number of hydrogen-bond donors (Lipinski definition) is 0. The number of fused-ring (bicyclic) bond motifs is 1. The van der Waals surface area contributed by atoms with Crippen molar-refractivity contribution in [1.29, 1.82) is 0 Å². The van der Waals surface area contributed by atoms with Gasteiger partial charge in [-0.2, -0.15) is 0 Å². The predicted molar refractivity (Wildman–Crippen MR) is 111 cm³/mol. The molecule has 7 heteroatoms. The Balaban J connectivity index is 1.89. The molecule has 29 heavy (non-hydrogen) atoms. The third kappa shape index (κ3) is 4.67. The summed E-state index contributed by atoms with van der Waals surface area (Å²) in [5, 5.41) is 2.03. The van der Waals surface area contributed by atoms with E-state index in [-0.39, 0.29) is 42.9 Å². The van der Waals surface area contributed by atoms with Crippen molar-refractivity contribution in [2.75, 3.05) is 26.8 Å². The van der Waals surface area contributed by atoms with E-state index in [0.29, 0.717) is 6.54 Å². The van der Waals surface area contributed by atoms with Crippen LogP contribution in [-0.2, 0) is 20.7 Å². The largest absolute Gasteiger partial charge is 0.375 e. The molecule has 1 aromatic carbocycles. The first-order chi connectivity index (χ1) is 14.0. The molecule has 0 radical (unpaired) electrons. The lowest BCUT2D eigenvalue weighted by atomic mass is 9.93. The van der Waals surface area contributed by atoms with Crippen molar-refractivity contribution in [2.24, 2.45) is 0 Å². The van der Waals surface area contributed by atoms with Crippen molar-refractivity contribution in [1.82, 2.24) is 9.80 Å². The third-order valence-electron chi connectivity index (χ3n) is 5.49. The Hall–Kier alpha value is -2.25. The first-order valence-corrected chi connectivity index (χ1v) is 10.7. The van der Waals surface area contributed by atoms with Gasteiger partial charge >= 0.3 is 0 Å². The third-order valence-corrected chi connectivity index (χ3v) is 6.49. The Kier molecular flexibility index (Phi) is 7.03. The fraction of sp³-hybridized carbons (Fsp3) is 0.455. The van der Waals surface area contributed by atoms with Gasteiger partial charge in [0.15, 0.2) is 0 Å². The summed E-state index contributed by atoms with van der Waals surface area (Å²) in [6.45, 7) is 4.46. The molecule has 2 amide bonds. The molecular formula is C22H27FN2O3S. The van der Waals surface area contributed by atoms with Crippen molar-refractivity contribution < 1.29 is 18.7 Å². The van der Waals surface area contributed by atoms with Gasteiger partial charge in [0.25, 0.3) is 0 Å². The smallest absolute Gasteiger partial charge is 0.249 e. The van der Waals surface area contributed by atoms with Crippen molar-refractivity contribution in [3.63, 3.8) is 0 Å². The SMILES string of the molecule is CC[C@@H](C)N(CC(=O)N1CCc2sccc2[C@@H]1c1ccc(F)cc1)C(=O)COC. The first kappa shape index (κ1) is 21.5. The van der Waals surface area contributed by atoms with Gasteiger partial charge in [0.1, 0.15) is 19.0 Å². The van der Waals surface area contributed by atoms with Gasteiger partial charge in [-0.15, -0.1) is 11.3 Å². The van der Waals surface area contributed by atoms with Crippen LogP contribution in [0.1, 0.15) is 42.3 Å². The van der Waals surface area contributed by atoms with E-state index in [4.69, 9.17) is 4.74 Å². The highest BCUT2D eigenvalue weighted by atomic mass is 32.1. The van der Waals surface area contributed by atoms with Crippen LogP contribution in [0.2, 0.25) is 0 Å². The van der Waals surface area contributed by atoms with Gasteiger partial charge in [-0.25, -0.2) is 4.39 Å². The number of benzene rings is 1. The number of amides is 2. The average molecular weight is 419 g/mol. The van der Waals surface area contributed by atoms with Crippen LogP contribution in [-0.4, -0.2) is 54.5 Å². The zero-order chi connectivity index (χ0) is 21.0. The molecule has 0 saturated carbocycles. The lowest BCUT2D eigenvalue weighted by Gasteiger charge is -2.38. The standard InChI is InChI=1S/C22H27FN2O3S/c1-4-15(2)25(21(27)14-28-3)13-20(26)24-11-9-19-18(10-12-29-19)22(24)16-5-7-17(23)8-6-16/h5-8,10,12,15,22H,4,9,11,13-14H2,1-3H3/t15-,22+/m1/s1. The Morgan fingerprint density at radius 1 is 1.31 bits per heavy atom. The molecule has 2 aromatic rings. The molecule has 1 aliphatic rings. The highest BCUT2D eigenvalue weighted by molar-refractivity contribution is 7.10. The maximum atomic E-state index is 13.5. The maximum absolute atomic E-state index is 13.5. The van der Waals surface area contributed by atoms with Crippen LogP contribution >= 0.6 is 11.3 Å². The number of methoxy groups -OCH3 is 1. The van der Waals surface area contributed by atoms with Gasteiger partial charge in [0.05, 0.1) is 6.04 Å². The van der Waals surface area contributed by atoms with E-state index in [1.807, 2.05) is 30.2 Å². The molecule has 156 valence electrons. The molecule has 0 N–H and O–H groups in total. The lowest BCUT2D eigenvalue weighted by molar-refractivity contribution is -0.145. The Morgan fingerprint density at radius 3 is 2.69 bits per heavy atom. The number of hydrogen-bond acceptors (Lipinski definition) is 4. The second-order valence-corrected chi connectivity index (χ2v) is 8.30. The lowest BCUT2D eigenvalue weighted by Crippen LogP contribution is -2.49. The summed E-state index contributed by atoms with van der Waals surface area (Å²) < 4.78 is 18.5. The topological polar surface area (TPSA) is 49.9 Å². The van der Waals surface area contributed by atoms with Crippen molar-refractivity contribution in [3.8, 4) is 0 Å². The zero-order valence-electron chi connectivity index (χ0n) is 17.1. The second-order valence-electron chi connectivity index (χ2n) is 7.30. The summed E-state index contributed by atoms with van der Waals surface area (Å²) in [5.41, 5.74) is 1.96. The van der Waals surface area contributed by atoms with Crippen LogP contribution < -0.4 is 0 Å². The van der Waals surface area contributed by atoms with Crippen LogP contribution in [0, 0.1) is 5.82 Å². The molecule has 0 saturated heterocycles. The van der Waals surface area contributed by atoms with E-state index >= 15 is 0 Å². The fourth-order valence-corrected chi connectivity index (χ4v) is 4.65. The number of thiophene rings is 1. The highest BCUT2D eigenvalue weighted by Crippen LogP contribution is 2.38. The average Bonchev–Trinajstić information content (AvgIpc) is 3.20. The molecule has 2 heterocycles. The van der Waals surface area contributed by atoms with Crippen LogP contribution in [0.3, 0.4) is 0 Å². The zero-order valence-corrected chi connectivity index (χ0v) is 17.9. The summed E-state index contributed by atoms with van der Waals surface area (Å²) in [4.78, 5) is 30.5. The maximum Gasteiger partial charge on any atom is 0.249 e. The minimum Gasteiger partial charge on any atom is -0.375 e. The quantitative estimate of drug-likeness (QED) is 0.690. The first-order valence-electron chi connectivity index (χ1n) is 9.85. The number of ether oxygens (including phenoxy) is 1. The monoisotopic (exact) mass is 418 g/mol. The van der Waals surface area contributed by atoms with Crippen LogP contribution in [0.4, 0.5) is 4.39 Å². The number of rotatable bonds is 7. The number of nitrogens with zero attached hydrogens (tertiary/aromatic N) is 2. The summed E-state index contributed by atoms with van der Waals surface area (Å²) in [6.07, 6.45) is 1.53. The van der Waals surface area contributed by atoms with Crippen molar-refractivity contribution >= 4 is 23.2 Å². The van der Waals surface area contributed by atoms with E-state index in [0.717, 1.165) is 24.0 Å². The molecular weight excluding hydrogens is 391 g/mol. The molecule has 0 unspecified atom stereocenters. The molecule has 1 aliphatic heterocycles. The highest BCUT2D eigenvalue weighted by Gasteiger charge is 2.34. The number of carbonyl (C=O) groups excluding carboxylic acids is 2. The van der Waals surface area contributed by atoms with Crippen LogP contribution in [0.5, 0.6) is 0 Å². The van der Waals surface area contributed by atoms with Crippen LogP contribution in [0.15, 0.2) is 35.7 Å². The molecule has 3 rings (SSSR count). The number of halogens is 1. The predicted octanol–water partition coefficient (Wildman–Crippen LogP) is 3.63. The van der Waals surface area contributed by atoms with E-state index in [2.05, 4.69) is 0 Å². The second kappa shape index (κ2) is 9.50. The minimum absolute atomic E-state index is 0.00830. The molecule has 2 atom stereocenters. The summed E-state index contributed by atoms with van der Waals surface area (Å²) in [7, 11) is 1.47. The van der Waals surface area contributed by atoms with Gasteiger partial charge in [0.2, 0.25) is 11.8 Å². The molecule has 0 spiro atoms. The van der Waals surface area contributed by atoms with Gasteiger partial charge in [-0.1, -0.05) is 19.1 Å². The van der Waals surface area contributed by atoms with Crippen molar-refractivity contribution in [2.45, 2.75) is 38.8 Å². The molecule has 0 fully saturated rings. The van der Waals surface area contributed by atoms with Gasteiger partial charge in [0, 0.05) is 24.6 Å². The Labute approximate surface area is 175 Å². The molecule has 5 nitrogen and oxygen atoms in total. The summed E-state index contributed by atoms with van der Waals surface area (Å²) >= 11 is 1.68. The van der Waals surface area contributed by atoms with Gasteiger partial charge in [-0.3, -0.25) is 9.59 Å². The van der Waals surface area contributed by atoms with E-state index in [1.165, 1.54) is 24.1 Å². The number of carbonyl (C=O) groups is 2. The van der Waals surface area contributed by atoms with E-state index in [9.17, 15) is 14.0 Å². The summed E-state index contributed by atoms with van der Waals surface area (Å²) in [5.74, 6) is -0.608. The van der Waals surface area contributed by atoms with Gasteiger partial charge < -0.3 is 14.5 Å². The van der Waals surface area contributed by atoms with Crippen molar-refractivity contribution in [3.05, 3.63) is 57.5 Å². The van der Waals surface area contributed by atoms with Crippen LogP contribution in [0.25, 0.3) is 0 Å². The van der Waals surface area contributed by atoms with Gasteiger partial charge in [-0.05, 0) is 54.5 Å². The minimum atomic E-state index is -0.305.